The van der Waals surface area contributed by atoms with E-state index in [2.05, 4.69) is 42.1 Å². The van der Waals surface area contributed by atoms with Crippen molar-refractivity contribution < 1.29 is 4.39 Å². The van der Waals surface area contributed by atoms with Gasteiger partial charge in [-0.1, -0.05) is 27.5 Å². The van der Waals surface area contributed by atoms with Crippen LogP contribution in [0, 0.1) is 5.82 Å². The van der Waals surface area contributed by atoms with E-state index in [1.165, 1.54) is 0 Å². The second kappa shape index (κ2) is 4.76. The Morgan fingerprint density at radius 3 is 2.89 bits per heavy atom. The summed E-state index contributed by atoms with van der Waals surface area (Å²) in [5, 5.41) is 7.89. The summed E-state index contributed by atoms with van der Waals surface area (Å²) in [6.07, 6.45) is 4.64. The van der Waals surface area contributed by atoms with Crippen LogP contribution in [0.3, 0.4) is 0 Å². The molecule has 0 bridgehead atoms. The van der Waals surface area contributed by atoms with Crippen LogP contribution in [0.25, 0.3) is 10.9 Å². The normalized spacial score (nSPS) is 24.0. The Hall–Kier alpha value is -0.130. The molecule has 1 saturated carbocycles. The molecular weight excluding hydrogens is 386 g/mol. The lowest BCUT2D eigenvalue weighted by atomic mass is 9.95. The topological polar surface area (TPSA) is 28.7 Å². The van der Waals surface area contributed by atoms with Gasteiger partial charge < -0.3 is 0 Å². The van der Waals surface area contributed by atoms with Gasteiger partial charge in [0.25, 0.3) is 0 Å². The molecule has 2 aromatic rings. The number of H-pyrrole nitrogens is 1. The van der Waals surface area contributed by atoms with E-state index in [4.69, 9.17) is 11.6 Å². The van der Waals surface area contributed by atoms with Gasteiger partial charge in [0.15, 0.2) is 0 Å². The van der Waals surface area contributed by atoms with Gasteiger partial charge >= 0.3 is 0 Å². The third-order valence-electron chi connectivity index (χ3n) is 3.54. The summed E-state index contributed by atoms with van der Waals surface area (Å²) in [7, 11) is 0. The molecule has 0 spiro atoms. The second-order valence-corrected chi connectivity index (χ2v) is 7.09. The Morgan fingerprint density at radius 2 is 2.22 bits per heavy atom. The number of alkyl halides is 1. The summed E-state index contributed by atoms with van der Waals surface area (Å²) in [6.45, 7) is 0. The molecule has 2 unspecified atom stereocenters. The highest BCUT2D eigenvalue weighted by Crippen LogP contribution is 2.45. The summed E-state index contributed by atoms with van der Waals surface area (Å²) in [4.78, 5) is 0.460. The van der Waals surface area contributed by atoms with Crippen LogP contribution < -0.4 is 0 Å². The van der Waals surface area contributed by atoms with Crippen LogP contribution in [-0.4, -0.2) is 15.0 Å². The molecule has 1 N–H and O–H groups in total. The lowest BCUT2D eigenvalue weighted by Crippen LogP contribution is -2.01. The molecule has 1 aliphatic carbocycles. The average molecular weight is 396 g/mol. The van der Waals surface area contributed by atoms with Crippen molar-refractivity contribution in [1.29, 1.82) is 0 Å². The van der Waals surface area contributed by atoms with E-state index in [-0.39, 0.29) is 16.8 Å². The number of hydrogen-bond donors (Lipinski definition) is 1. The van der Waals surface area contributed by atoms with Crippen molar-refractivity contribution >= 4 is 54.4 Å². The minimum atomic E-state index is -0.327. The molecule has 0 aliphatic heterocycles. The monoisotopic (exact) mass is 394 g/mol. The molecule has 0 radical (unpaired) electrons. The summed E-state index contributed by atoms with van der Waals surface area (Å²) in [6, 6.07) is 0. The first-order chi connectivity index (χ1) is 8.59. The van der Waals surface area contributed by atoms with E-state index in [9.17, 15) is 4.39 Å². The minimum Gasteiger partial charge on any atom is -0.277 e. The third-order valence-corrected chi connectivity index (χ3v) is 5.78. The quantitative estimate of drug-likeness (QED) is 0.524. The predicted octanol–water partition coefficient (Wildman–Crippen LogP) is 5.15. The van der Waals surface area contributed by atoms with Crippen molar-refractivity contribution in [1.82, 2.24) is 10.2 Å². The third kappa shape index (κ3) is 1.91. The second-order valence-electron chi connectivity index (χ2n) is 4.62. The number of halogens is 4. The number of rotatable bonds is 1. The lowest BCUT2D eigenvalue weighted by Gasteiger charge is -2.14. The molecule has 2 atom stereocenters. The van der Waals surface area contributed by atoms with Crippen molar-refractivity contribution in [2.24, 2.45) is 0 Å². The largest absolute Gasteiger partial charge is 0.277 e. The number of aromatic amines is 1. The summed E-state index contributed by atoms with van der Waals surface area (Å²) < 4.78 is 15.0. The average Bonchev–Trinajstić information content (AvgIpc) is 2.96. The molecule has 18 heavy (non-hydrogen) atoms. The Labute approximate surface area is 126 Å². The molecule has 96 valence electrons. The predicted molar refractivity (Wildman–Crippen MR) is 78.1 cm³/mol. The number of nitrogens with zero attached hydrogens (tertiary/aromatic N) is 1. The Kier molecular flexibility index (Phi) is 3.41. The van der Waals surface area contributed by atoms with E-state index < -0.39 is 0 Å². The van der Waals surface area contributed by atoms with E-state index in [0.29, 0.717) is 14.9 Å². The van der Waals surface area contributed by atoms with Gasteiger partial charge in [0.05, 0.1) is 21.2 Å². The van der Waals surface area contributed by atoms with Crippen molar-refractivity contribution in [3.8, 4) is 0 Å². The lowest BCUT2D eigenvalue weighted by molar-refractivity contribution is 0.584. The number of nitrogens with one attached hydrogen (secondary N) is 1. The van der Waals surface area contributed by atoms with Gasteiger partial charge in [-0.25, -0.2) is 4.39 Å². The maximum Gasteiger partial charge on any atom is 0.148 e. The number of hydrogen-bond acceptors (Lipinski definition) is 1. The van der Waals surface area contributed by atoms with Crippen LogP contribution in [0.2, 0.25) is 5.02 Å². The Bertz CT molecular complexity index is 614. The van der Waals surface area contributed by atoms with Gasteiger partial charge in [0, 0.05) is 15.8 Å². The van der Waals surface area contributed by atoms with Crippen molar-refractivity contribution in [2.75, 3.05) is 0 Å². The zero-order valence-electron chi connectivity index (χ0n) is 9.31. The van der Waals surface area contributed by atoms with Crippen LogP contribution in [0.1, 0.15) is 30.7 Å². The number of aromatic nitrogens is 2. The summed E-state index contributed by atoms with van der Waals surface area (Å²) >= 11 is 13.0. The molecule has 1 aromatic heterocycles. The molecule has 0 saturated heterocycles. The van der Waals surface area contributed by atoms with Crippen LogP contribution in [0.15, 0.2) is 10.7 Å². The first-order valence-electron chi connectivity index (χ1n) is 5.73. The Balaban J connectivity index is 2.24. The van der Waals surface area contributed by atoms with Crippen molar-refractivity contribution in [3.63, 3.8) is 0 Å². The zero-order chi connectivity index (χ0) is 12.9. The first kappa shape index (κ1) is 12.9. The number of benzene rings is 1. The highest BCUT2D eigenvalue weighted by atomic mass is 79.9. The SMILES string of the molecule is Fc1c(Cl)c(Br)c2cn[nH]c2c1C1CCC(Br)C1. The molecule has 6 heteroatoms. The summed E-state index contributed by atoms with van der Waals surface area (Å²) in [5.41, 5.74) is 1.44. The molecule has 1 heterocycles. The van der Waals surface area contributed by atoms with Crippen molar-refractivity contribution in [2.45, 2.75) is 30.0 Å². The molecule has 1 fully saturated rings. The van der Waals surface area contributed by atoms with Gasteiger partial charge in [-0.3, -0.25) is 5.10 Å². The fraction of sp³-hybridized carbons (Fsp3) is 0.417. The molecule has 1 aromatic carbocycles. The van der Waals surface area contributed by atoms with E-state index in [1.807, 2.05) is 0 Å². The van der Waals surface area contributed by atoms with E-state index >= 15 is 0 Å². The van der Waals surface area contributed by atoms with Crippen LogP contribution in [0.5, 0.6) is 0 Å². The maximum atomic E-state index is 14.4. The van der Waals surface area contributed by atoms with Crippen molar-refractivity contribution in [3.05, 3.63) is 27.1 Å². The smallest absolute Gasteiger partial charge is 0.148 e. The molecule has 3 rings (SSSR count). The van der Waals surface area contributed by atoms with E-state index in [1.54, 1.807) is 6.20 Å². The molecule has 2 nitrogen and oxygen atoms in total. The fourth-order valence-electron chi connectivity index (χ4n) is 2.67. The zero-order valence-corrected chi connectivity index (χ0v) is 13.2. The summed E-state index contributed by atoms with van der Waals surface area (Å²) in [5.74, 6) is -0.130. The van der Waals surface area contributed by atoms with Crippen LogP contribution in [0.4, 0.5) is 4.39 Å². The van der Waals surface area contributed by atoms with Gasteiger partial charge in [-0.2, -0.15) is 5.10 Å². The molecular formula is C12H10Br2ClFN2. The maximum absolute atomic E-state index is 14.4. The van der Waals surface area contributed by atoms with Crippen LogP contribution >= 0.6 is 43.5 Å². The highest BCUT2D eigenvalue weighted by molar-refractivity contribution is 9.10. The van der Waals surface area contributed by atoms with Crippen LogP contribution in [-0.2, 0) is 0 Å². The number of fused-ring (bicyclic) bond motifs is 1. The molecule has 1 aliphatic rings. The van der Waals surface area contributed by atoms with Gasteiger partial charge in [-0.05, 0) is 41.1 Å². The highest BCUT2D eigenvalue weighted by Gasteiger charge is 2.30. The standard InChI is InChI=1S/C12H10Br2ClFN2/c13-6-2-1-5(3-6)8-11(16)10(15)9(14)7-4-17-18-12(7)8/h4-6H,1-3H2,(H,17,18). The first-order valence-corrected chi connectivity index (χ1v) is 7.81. The van der Waals surface area contributed by atoms with Gasteiger partial charge in [0.1, 0.15) is 5.82 Å². The van der Waals surface area contributed by atoms with E-state index in [0.717, 1.165) is 30.2 Å². The Morgan fingerprint density at radius 1 is 1.44 bits per heavy atom. The fourth-order valence-corrected chi connectivity index (χ4v) is 4.07. The minimum absolute atomic E-state index is 0.150. The van der Waals surface area contributed by atoms with Gasteiger partial charge in [0.2, 0.25) is 0 Å². The van der Waals surface area contributed by atoms with Gasteiger partial charge in [-0.15, -0.1) is 0 Å². The molecule has 0 amide bonds.